The number of rotatable bonds is 8. The number of hydrogen-bond acceptors (Lipinski definition) is 6. The van der Waals surface area contributed by atoms with Gasteiger partial charge in [-0.15, -0.1) is 11.8 Å². The summed E-state index contributed by atoms with van der Waals surface area (Å²) in [6.45, 7) is 10.5. The standard InChI is InChI=1S/C35H42N4O4S/c1-5-24(23-40)39-30-33(43)38(27-17-15-25(16-18-27)36(6-2)7-3)22-12-20-35(30)29(32(39)42)28-31(41)37(26-13-9-8-10-14-26)21-11-19-34(28,4)44-35/h8-20,24,28-30,40H,5-7,21-23H2,1-4H3/t24-,28-,29-,30?,34+,35-/m0/s1. The molecule has 232 valence electrons. The zero-order valence-electron chi connectivity index (χ0n) is 25.9. The molecule has 2 aromatic carbocycles. The highest BCUT2D eigenvalue weighted by Crippen LogP contribution is 2.66. The van der Waals surface area contributed by atoms with E-state index in [-0.39, 0.29) is 24.3 Å². The molecule has 4 aliphatic rings. The van der Waals surface area contributed by atoms with Gasteiger partial charge in [0.1, 0.15) is 6.04 Å². The molecule has 2 aromatic rings. The Morgan fingerprint density at radius 1 is 0.841 bits per heavy atom. The van der Waals surface area contributed by atoms with Crippen LogP contribution in [0, 0.1) is 11.8 Å². The quantitative estimate of drug-likeness (QED) is 0.441. The van der Waals surface area contributed by atoms with Gasteiger partial charge in [0.15, 0.2) is 0 Å². The van der Waals surface area contributed by atoms with Crippen molar-refractivity contribution < 1.29 is 19.5 Å². The van der Waals surface area contributed by atoms with Crippen molar-refractivity contribution >= 4 is 46.5 Å². The number of thioether (sulfide) groups is 1. The van der Waals surface area contributed by atoms with E-state index in [1.165, 1.54) is 0 Å². The van der Waals surface area contributed by atoms with Crippen molar-refractivity contribution in [1.82, 2.24) is 4.90 Å². The minimum Gasteiger partial charge on any atom is -0.394 e. The third-order valence-corrected chi connectivity index (χ3v) is 11.7. The number of likely N-dealkylation sites (tertiary alicyclic amines) is 1. The van der Waals surface area contributed by atoms with Crippen LogP contribution in [0.2, 0.25) is 0 Å². The minimum absolute atomic E-state index is 0.113. The van der Waals surface area contributed by atoms with Gasteiger partial charge in [0.25, 0.3) is 5.91 Å². The van der Waals surface area contributed by atoms with Crippen molar-refractivity contribution in [1.29, 1.82) is 0 Å². The van der Waals surface area contributed by atoms with Crippen LogP contribution in [0.5, 0.6) is 0 Å². The second-order valence-electron chi connectivity index (χ2n) is 12.2. The number of carbonyl (C=O) groups excluding carboxylic acids is 3. The topological polar surface area (TPSA) is 84.4 Å². The van der Waals surface area contributed by atoms with Crippen LogP contribution < -0.4 is 14.7 Å². The first-order valence-electron chi connectivity index (χ1n) is 15.8. The van der Waals surface area contributed by atoms with Crippen molar-refractivity contribution in [3.63, 3.8) is 0 Å². The molecule has 2 fully saturated rings. The van der Waals surface area contributed by atoms with Gasteiger partial charge in [-0.3, -0.25) is 14.4 Å². The second-order valence-corrected chi connectivity index (χ2v) is 14.0. The molecule has 1 N–H and O–H groups in total. The Labute approximate surface area is 264 Å². The van der Waals surface area contributed by atoms with Crippen LogP contribution in [-0.2, 0) is 14.4 Å². The molecule has 0 aromatic heterocycles. The van der Waals surface area contributed by atoms with Gasteiger partial charge in [-0.05, 0) is 63.6 Å². The Kier molecular flexibility index (Phi) is 8.13. The minimum atomic E-state index is -0.966. The van der Waals surface area contributed by atoms with Crippen molar-refractivity contribution in [2.45, 2.75) is 55.7 Å². The highest BCUT2D eigenvalue weighted by atomic mass is 32.2. The smallest absolute Gasteiger partial charge is 0.251 e. The van der Waals surface area contributed by atoms with Crippen LogP contribution in [-0.4, -0.2) is 82.1 Å². The zero-order valence-corrected chi connectivity index (χ0v) is 26.7. The molecule has 3 amide bonds. The first-order valence-corrected chi connectivity index (χ1v) is 16.6. The van der Waals surface area contributed by atoms with Gasteiger partial charge in [0.05, 0.1) is 29.2 Å². The van der Waals surface area contributed by atoms with E-state index in [4.69, 9.17) is 0 Å². The number of amides is 3. The molecule has 6 atom stereocenters. The van der Waals surface area contributed by atoms with Crippen LogP contribution in [0.4, 0.5) is 17.1 Å². The molecule has 6 rings (SSSR count). The highest BCUT2D eigenvalue weighted by molar-refractivity contribution is 8.02. The maximum Gasteiger partial charge on any atom is 0.251 e. The third-order valence-electron chi connectivity index (χ3n) is 9.93. The average Bonchev–Trinajstić information content (AvgIpc) is 3.30. The Bertz CT molecular complexity index is 1470. The van der Waals surface area contributed by atoms with Crippen LogP contribution >= 0.6 is 11.8 Å². The van der Waals surface area contributed by atoms with Gasteiger partial charge in [0.2, 0.25) is 11.8 Å². The van der Waals surface area contributed by atoms with Crippen molar-refractivity contribution in [3.8, 4) is 0 Å². The van der Waals surface area contributed by atoms with Crippen molar-refractivity contribution in [2.24, 2.45) is 11.8 Å². The fourth-order valence-corrected chi connectivity index (χ4v) is 9.92. The number of nitrogens with zero attached hydrogens (tertiary/aromatic N) is 4. The van der Waals surface area contributed by atoms with Crippen molar-refractivity contribution in [3.05, 3.63) is 78.9 Å². The Morgan fingerprint density at radius 3 is 2.07 bits per heavy atom. The molecule has 0 aliphatic carbocycles. The maximum atomic E-state index is 14.8. The summed E-state index contributed by atoms with van der Waals surface area (Å²) in [7, 11) is 0. The van der Waals surface area contributed by atoms with E-state index in [1.807, 2.05) is 86.7 Å². The molecule has 2 saturated heterocycles. The SMILES string of the molecule is CC[C@@H](CO)N1C(=O)[C@@H]2[C@H]3C(=O)N(c4ccccc4)CC=C[C@@]3(C)S[C@@]23C=CCN(c2ccc(N(CC)CC)cc2)C(=O)C13. The molecule has 4 aliphatic heterocycles. The lowest BCUT2D eigenvalue weighted by Crippen LogP contribution is -2.56. The fraction of sp³-hybridized carbons (Fsp3) is 0.457. The summed E-state index contributed by atoms with van der Waals surface area (Å²) in [4.78, 5) is 51.4. The van der Waals surface area contributed by atoms with E-state index < -0.39 is 33.4 Å². The first kappa shape index (κ1) is 30.5. The summed E-state index contributed by atoms with van der Waals surface area (Å²) in [5.41, 5.74) is 2.63. The molecular weight excluding hydrogens is 572 g/mol. The summed E-state index contributed by atoms with van der Waals surface area (Å²) >= 11 is 1.57. The van der Waals surface area contributed by atoms with Gasteiger partial charge < -0.3 is 24.7 Å². The van der Waals surface area contributed by atoms with Gasteiger partial charge in [0, 0.05) is 48.0 Å². The van der Waals surface area contributed by atoms with Gasteiger partial charge in [-0.1, -0.05) is 49.4 Å². The van der Waals surface area contributed by atoms with E-state index >= 15 is 0 Å². The number of anilines is 3. The van der Waals surface area contributed by atoms with E-state index in [2.05, 4.69) is 24.8 Å². The average molecular weight is 615 g/mol. The monoisotopic (exact) mass is 614 g/mol. The molecule has 44 heavy (non-hydrogen) atoms. The van der Waals surface area contributed by atoms with E-state index in [9.17, 15) is 19.5 Å². The molecule has 4 heterocycles. The molecule has 0 saturated carbocycles. The third kappa shape index (κ3) is 4.58. The van der Waals surface area contributed by atoms with Crippen LogP contribution in [0.1, 0.15) is 34.1 Å². The molecule has 9 heteroatoms. The maximum absolute atomic E-state index is 14.8. The second kappa shape index (κ2) is 11.7. The first-order chi connectivity index (χ1) is 21.2. The molecule has 8 nitrogen and oxygen atoms in total. The van der Waals surface area contributed by atoms with Crippen molar-refractivity contribution in [2.75, 3.05) is 47.5 Å². The number of aliphatic hydroxyl groups is 1. The summed E-state index contributed by atoms with van der Waals surface area (Å²) in [6, 6.07) is 16.2. The van der Waals surface area contributed by atoms with Gasteiger partial charge in [-0.25, -0.2) is 0 Å². The number of para-hydroxylation sites is 1. The van der Waals surface area contributed by atoms with Gasteiger partial charge in [-0.2, -0.15) is 0 Å². The molecule has 0 bridgehead atoms. The van der Waals surface area contributed by atoms with Crippen LogP contribution in [0.3, 0.4) is 0 Å². The Balaban J connectivity index is 1.44. The van der Waals surface area contributed by atoms with Gasteiger partial charge >= 0.3 is 0 Å². The lowest BCUT2D eigenvalue weighted by atomic mass is 9.74. The number of fused-ring (bicyclic) bond motifs is 2. The number of hydrogen-bond donors (Lipinski definition) is 1. The van der Waals surface area contributed by atoms with E-state index in [0.717, 1.165) is 30.2 Å². The Hall–Kier alpha value is -3.56. The number of benzene rings is 2. The summed E-state index contributed by atoms with van der Waals surface area (Å²) in [5.74, 6) is -1.96. The summed E-state index contributed by atoms with van der Waals surface area (Å²) < 4.78 is -1.66. The van der Waals surface area contributed by atoms with E-state index in [1.54, 1.807) is 26.5 Å². The largest absolute Gasteiger partial charge is 0.394 e. The fourth-order valence-electron chi connectivity index (χ4n) is 7.77. The molecular formula is C35H42N4O4S. The highest BCUT2D eigenvalue weighted by Gasteiger charge is 2.74. The molecule has 1 unspecified atom stereocenters. The van der Waals surface area contributed by atoms with Crippen LogP contribution in [0.15, 0.2) is 78.9 Å². The lowest BCUT2D eigenvalue weighted by molar-refractivity contribution is -0.142. The molecule has 0 radical (unpaired) electrons. The summed E-state index contributed by atoms with van der Waals surface area (Å²) in [5, 5.41) is 10.5. The molecule has 1 spiro atoms. The zero-order chi connectivity index (χ0) is 31.2. The predicted octanol–water partition coefficient (Wildman–Crippen LogP) is 4.50. The predicted molar refractivity (Wildman–Crippen MR) is 177 cm³/mol. The van der Waals surface area contributed by atoms with Crippen LogP contribution in [0.25, 0.3) is 0 Å². The number of aliphatic hydroxyl groups excluding tert-OH is 1. The van der Waals surface area contributed by atoms with E-state index in [0.29, 0.717) is 19.5 Å². The summed E-state index contributed by atoms with van der Waals surface area (Å²) in [6.07, 6.45) is 8.60. The Morgan fingerprint density at radius 2 is 1.45 bits per heavy atom. The number of carbonyl (C=O) groups is 3. The lowest BCUT2D eigenvalue weighted by Gasteiger charge is -2.39. The normalized spacial score (nSPS) is 30.2.